The molecule has 3 N–H and O–H groups in total. The molecule has 1 atom stereocenters. The van der Waals surface area contributed by atoms with Crippen LogP contribution in [0.15, 0.2) is 48.5 Å². The third-order valence-corrected chi connectivity index (χ3v) is 3.91. The van der Waals surface area contributed by atoms with E-state index in [1.807, 2.05) is 0 Å². The van der Waals surface area contributed by atoms with Crippen molar-refractivity contribution in [2.24, 2.45) is 0 Å². The summed E-state index contributed by atoms with van der Waals surface area (Å²) in [4.78, 5) is 15.1. The zero-order chi connectivity index (χ0) is 17.3. The summed E-state index contributed by atoms with van der Waals surface area (Å²) in [6.45, 7) is 1.45. The van der Waals surface area contributed by atoms with E-state index in [2.05, 4.69) is 10.3 Å². The summed E-state index contributed by atoms with van der Waals surface area (Å²) in [5.41, 5.74) is -0.164. The third kappa shape index (κ3) is 3.14. The van der Waals surface area contributed by atoms with E-state index in [1.54, 1.807) is 12.1 Å². The van der Waals surface area contributed by atoms with E-state index in [1.165, 1.54) is 43.3 Å². The Kier molecular flexibility index (Phi) is 4.07. The lowest BCUT2D eigenvalue weighted by Crippen LogP contribution is -2.38. The number of hydrogen-bond acceptors (Lipinski definition) is 2. The second-order valence-corrected chi connectivity index (χ2v) is 5.85. The van der Waals surface area contributed by atoms with Crippen LogP contribution in [0.4, 0.5) is 8.78 Å². The normalized spacial score (nSPS) is 13.7. The molecule has 0 saturated carbocycles. The first-order chi connectivity index (χ1) is 11.4. The minimum Gasteiger partial charge on any atom is -0.384 e. The van der Waals surface area contributed by atoms with Crippen LogP contribution in [0.25, 0.3) is 10.9 Å². The highest BCUT2D eigenvalue weighted by Gasteiger charge is 2.24. The fourth-order valence-electron chi connectivity index (χ4n) is 2.50. The van der Waals surface area contributed by atoms with E-state index in [-0.39, 0.29) is 12.2 Å². The second-order valence-electron chi connectivity index (χ2n) is 5.85. The van der Waals surface area contributed by atoms with Crippen LogP contribution in [0.5, 0.6) is 0 Å². The highest BCUT2D eigenvalue weighted by atomic mass is 19.1. The van der Waals surface area contributed by atoms with Gasteiger partial charge in [0.05, 0.1) is 6.54 Å². The molecule has 0 aliphatic heterocycles. The van der Waals surface area contributed by atoms with Crippen molar-refractivity contribution in [2.45, 2.75) is 12.5 Å². The van der Waals surface area contributed by atoms with Crippen LogP contribution < -0.4 is 5.32 Å². The van der Waals surface area contributed by atoms with Gasteiger partial charge in [0.25, 0.3) is 5.91 Å². The molecule has 3 aromatic rings. The summed E-state index contributed by atoms with van der Waals surface area (Å²) in [7, 11) is 0. The number of carbonyl (C=O) groups is 1. The molecule has 2 aromatic carbocycles. The van der Waals surface area contributed by atoms with Crippen molar-refractivity contribution in [3.63, 3.8) is 0 Å². The van der Waals surface area contributed by atoms with Gasteiger partial charge in [-0.3, -0.25) is 4.79 Å². The molecule has 124 valence electrons. The molecule has 0 bridgehead atoms. The summed E-state index contributed by atoms with van der Waals surface area (Å²) in [6.07, 6.45) is 0. The Morgan fingerprint density at radius 2 is 1.92 bits per heavy atom. The van der Waals surface area contributed by atoms with Crippen LogP contribution in [0.3, 0.4) is 0 Å². The number of rotatable bonds is 4. The van der Waals surface area contributed by atoms with Gasteiger partial charge in [-0.05, 0) is 42.8 Å². The lowest BCUT2D eigenvalue weighted by molar-refractivity contribution is 0.0524. The first-order valence-electron chi connectivity index (χ1n) is 7.41. The smallest absolute Gasteiger partial charge is 0.267 e. The van der Waals surface area contributed by atoms with Crippen molar-refractivity contribution < 1.29 is 18.7 Å². The van der Waals surface area contributed by atoms with Gasteiger partial charge in [0.15, 0.2) is 0 Å². The van der Waals surface area contributed by atoms with Crippen molar-refractivity contribution in [3.8, 4) is 0 Å². The Morgan fingerprint density at radius 3 is 2.58 bits per heavy atom. The maximum Gasteiger partial charge on any atom is 0.267 e. The lowest BCUT2D eigenvalue weighted by atomic mass is 9.96. The van der Waals surface area contributed by atoms with Crippen molar-refractivity contribution >= 4 is 16.8 Å². The number of hydrogen-bond donors (Lipinski definition) is 3. The second kappa shape index (κ2) is 6.05. The summed E-state index contributed by atoms with van der Waals surface area (Å²) in [5.74, 6) is -1.28. The van der Waals surface area contributed by atoms with E-state index in [0.717, 1.165) is 0 Å². The average Bonchev–Trinajstić information content (AvgIpc) is 2.99. The Labute approximate surface area is 137 Å². The molecule has 1 heterocycles. The zero-order valence-electron chi connectivity index (χ0n) is 12.9. The molecule has 0 fully saturated rings. The number of aromatic amines is 1. The predicted octanol–water partition coefficient (Wildman–Crippen LogP) is 3.08. The number of benzene rings is 2. The fourth-order valence-corrected chi connectivity index (χ4v) is 2.50. The van der Waals surface area contributed by atoms with Gasteiger partial charge >= 0.3 is 0 Å². The largest absolute Gasteiger partial charge is 0.384 e. The van der Waals surface area contributed by atoms with E-state index >= 15 is 0 Å². The number of amides is 1. The summed E-state index contributed by atoms with van der Waals surface area (Å²) in [5, 5.41) is 13.4. The molecule has 24 heavy (non-hydrogen) atoms. The minimum absolute atomic E-state index is 0.0741. The SMILES string of the molecule is CC(O)(CNC(=O)c1cc2c(F)cccc2[nH]1)c1ccc(F)cc1. The first-order valence-corrected chi connectivity index (χ1v) is 7.41. The summed E-state index contributed by atoms with van der Waals surface area (Å²) in [6, 6.07) is 11.4. The number of nitrogens with one attached hydrogen (secondary N) is 2. The number of aliphatic hydroxyl groups is 1. The average molecular weight is 330 g/mol. The molecule has 1 aromatic heterocycles. The summed E-state index contributed by atoms with van der Waals surface area (Å²) < 4.78 is 26.6. The van der Waals surface area contributed by atoms with E-state index in [4.69, 9.17) is 0 Å². The fraction of sp³-hybridized carbons (Fsp3) is 0.167. The van der Waals surface area contributed by atoms with Gasteiger partial charge in [0.1, 0.15) is 22.9 Å². The van der Waals surface area contributed by atoms with Crippen LogP contribution in [-0.2, 0) is 5.60 Å². The molecule has 4 nitrogen and oxygen atoms in total. The van der Waals surface area contributed by atoms with Crippen molar-refractivity contribution in [1.29, 1.82) is 0 Å². The number of halogens is 2. The van der Waals surface area contributed by atoms with Gasteiger partial charge in [-0.2, -0.15) is 0 Å². The number of aromatic nitrogens is 1. The van der Waals surface area contributed by atoms with Gasteiger partial charge < -0.3 is 15.4 Å². The van der Waals surface area contributed by atoms with Gasteiger partial charge in [-0.25, -0.2) is 8.78 Å². The summed E-state index contributed by atoms with van der Waals surface area (Å²) >= 11 is 0. The topological polar surface area (TPSA) is 65.1 Å². The Hall–Kier alpha value is -2.73. The molecule has 1 amide bonds. The van der Waals surface area contributed by atoms with Crippen LogP contribution in [-0.4, -0.2) is 22.5 Å². The Balaban J connectivity index is 1.74. The van der Waals surface area contributed by atoms with Gasteiger partial charge in [-0.1, -0.05) is 18.2 Å². The molecular weight excluding hydrogens is 314 g/mol. The van der Waals surface area contributed by atoms with Crippen molar-refractivity contribution in [3.05, 3.63) is 71.4 Å². The molecule has 0 aliphatic rings. The van der Waals surface area contributed by atoms with Gasteiger partial charge in [-0.15, -0.1) is 0 Å². The lowest BCUT2D eigenvalue weighted by Gasteiger charge is -2.24. The highest BCUT2D eigenvalue weighted by molar-refractivity contribution is 5.98. The number of carbonyl (C=O) groups excluding carboxylic acids is 1. The molecular formula is C18H16F2N2O2. The van der Waals surface area contributed by atoms with E-state index in [0.29, 0.717) is 16.5 Å². The maximum atomic E-state index is 13.7. The molecule has 0 radical (unpaired) electrons. The maximum absolute atomic E-state index is 13.7. The molecule has 0 aliphatic carbocycles. The molecule has 0 spiro atoms. The number of H-pyrrole nitrogens is 1. The molecule has 1 unspecified atom stereocenters. The minimum atomic E-state index is -1.36. The predicted molar refractivity (Wildman–Crippen MR) is 86.6 cm³/mol. The quantitative estimate of drug-likeness (QED) is 0.688. The Morgan fingerprint density at radius 1 is 1.21 bits per heavy atom. The molecule has 0 saturated heterocycles. The standard InChI is InChI=1S/C18H16F2N2O2/c1-18(24,11-5-7-12(19)8-6-11)10-21-17(23)16-9-13-14(20)3-2-4-15(13)22-16/h2-9,22,24H,10H2,1H3,(H,21,23). The van der Waals surface area contributed by atoms with Gasteiger partial charge in [0.2, 0.25) is 0 Å². The van der Waals surface area contributed by atoms with Crippen LogP contribution >= 0.6 is 0 Å². The van der Waals surface area contributed by atoms with Crippen LogP contribution in [0.2, 0.25) is 0 Å². The monoisotopic (exact) mass is 330 g/mol. The van der Waals surface area contributed by atoms with Crippen LogP contribution in [0.1, 0.15) is 23.0 Å². The van der Waals surface area contributed by atoms with E-state index < -0.39 is 23.1 Å². The molecule has 3 rings (SSSR count). The highest BCUT2D eigenvalue weighted by Crippen LogP contribution is 2.21. The van der Waals surface area contributed by atoms with Crippen molar-refractivity contribution in [2.75, 3.05) is 6.54 Å². The first kappa shape index (κ1) is 16.1. The van der Waals surface area contributed by atoms with E-state index in [9.17, 15) is 18.7 Å². The zero-order valence-corrected chi connectivity index (χ0v) is 12.9. The Bertz CT molecular complexity index is 886. The molecule has 6 heteroatoms. The van der Waals surface area contributed by atoms with Crippen LogP contribution in [0, 0.1) is 11.6 Å². The number of fused-ring (bicyclic) bond motifs is 1. The van der Waals surface area contributed by atoms with Crippen molar-refractivity contribution in [1.82, 2.24) is 10.3 Å². The third-order valence-electron chi connectivity index (χ3n) is 3.91. The van der Waals surface area contributed by atoms with Gasteiger partial charge in [0, 0.05) is 10.9 Å².